The van der Waals surface area contributed by atoms with Crippen LogP contribution in [0.3, 0.4) is 0 Å². The summed E-state index contributed by atoms with van der Waals surface area (Å²) < 4.78 is 0. The lowest BCUT2D eigenvalue weighted by Gasteiger charge is -2.46. The van der Waals surface area contributed by atoms with E-state index in [-0.39, 0.29) is 0 Å². The molecule has 3 atom stereocenters. The minimum absolute atomic E-state index is 0.545. The molecule has 1 heterocycles. The Bertz CT molecular complexity index is 1120. The van der Waals surface area contributed by atoms with E-state index in [2.05, 4.69) is 126 Å². The fourth-order valence-corrected chi connectivity index (χ4v) is 5.99. The van der Waals surface area contributed by atoms with Gasteiger partial charge in [-0.3, -0.25) is 4.90 Å². The summed E-state index contributed by atoms with van der Waals surface area (Å²) in [7, 11) is 0. The topological polar surface area (TPSA) is 3.24 Å². The summed E-state index contributed by atoms with van der Waals surface area (Å²) in [6, 6.07) is 45.0. The van der Waals surface area contributed by atoms with Crippen LogP contribution < -0.4 is 0 Å². The lowest BCUT2D eigenvalue weighted by atomic mass is 9.72. The quantitative estimate of drug-likeness (QED) is 0.254. The minimum Gasteiger partial charge on any atom is -0.299 e. The van der Waals surface area contributed by atoms with Crippen LogP contribution in [0.2, 0.25) is 0 Å². The van der Waals surface area contributed by atoms with Crippen molar-refractivity contribution in [1.82, 2.24) is 4.90 Å². The molecule has 0 radical (unpaired) electrons. The highest BCUT2D eigenvalue weighted by Gasteiger charge is 2.37. The third-order valence-electron chi connectivity index (χ3n) is 7.83. The molecule has 1 fully saturated rings. The summed E-state index contributed by atoms with van der Waals surface area (Å²) in [6.07, 6.45) is 5.84. The molecule has 0 unspecified atom stereocenters. The summed E-state index contributed by atoms with van der Waals surface area (Å²) in [6.45, 7) is 2.32. The molecule has 1 saturated heterocycles. The maximum Gasteiger partial charge on any atom is 0.0170 e. The Kier molecular flexibility index (Phi) is 8.08. The fourth-order valence-electron chi connectivity index (χ4n) is 5.99. The molecular formula is C34H37N. The molecule has 178 valence electrons. The predicted octanol–water partition coefficient (Wildman–Crippen LogP) is 7.26. The van der Waals surface area contributed by atoms with Gasteiger partial charge in [-0.25, -0.2) is 0 Å². The van der Waals surface area contributed by atoms with Crippen LogP contribution in [0, 0.1) is 11.8 Å². The smallest absolute Gasteiger partial charge is 0.0170 e. The summed E-state index contributed by atoms with van der Waals surface area (Å²) in [5.74, 6) is 1.32. The highest BCUT2D eigenvalue weighted by Crippen LogP contribution is 2.36. The van der Waals surface area contributed by atoms with Gasteiger partial charge in [0.25, 0.3) is 0 Å². The predicted molar refractivity (Wildman–Crippen MR) is 148 cm³/mol. The van der Waals surface area contributed by atoms with Gasteiger partial charge in [0.2, 0.25) is 0 Å². The first-order chi connectivity index (χ1) is 17.3. The highest BCUT2D eigenvalue weighted by molar-refractivity contribution is 5.22. The largest absolute Gasteiger partial charge is 0.299 e. The van der Waals surface area contributed by atoms with Crippen molar-refractivity contribution >= 4 is 0 Å². The van der Waals surface area contributed by atoms with Crippen LogP contribution in [-0.4, -0.2) is 24.0 Å². The van der Waals surface area contributed by atoms with E-state index in [1.54, 1.807) is 0 Å². The van der Waals surface area contributed by atoms with E-state index in [1.807, 2.05) is 0 Å². The lowest BCUT2D eigenvalue weighted by Crippen LogP contribution is -2.52. The molecule has 35 heavy (non-hydrogen) atoms. The summed E-state index contributed by atoms with van der Waals surface area (Å²) in [5.41, 5.74) is 5.85. The Morgan fingerprint density at radius 2 is 0.971 bits per heavy atom. The van der Waals surface area contributed by atoms with E-state index in [4.69, 9.17) is 0 Å². The van der Waals surface area contributed by atoms with Crippen LogP contribution >= 0.6 is 0 Å². The number of nitrogens with zero attached hydrogens (tertiary/aromatic N) is 1. The van der Waals surface area contributed by atoms with Gasteiger partial charge < -0.3 is 0 Å². The maximum absolute atomic E-state index is 2.81. The molecule has 0 amide bonds. The maximum atomic E-state index is 2.81. The Balaban J connectivity index is 1.43. The summed E-state index contributed by atoms with van der Waals surface area (Å²) >= 11 is 0. The zero-order valence-corrected chi connectivity index (χ0v) is 20.7. The lowest BCUT2D eigenvalue weighted by molar-refractivity contribution is 0.0481. The summed E-state index contributed by atoms with van der Waals surface area (Å²) in [5, 5.41) is 0. The highest BCUT2D eigenvalue weighted by atomic mass is 15.2. The van der Waals surface area contributed by atoms with Gasteiger partial charge in [0.15, 0.2) is 0 Å². The second-order valence-corrected chi connectivity index (χ2v) is 10.1. The third-order valence-corrected chi connectivity index (χ3v) is 7.83. The van der Waals surface area contributed by atoms with Crippen LogP contribution in [0.4, 0.5) is 0 Å². The molecule has 0 N–H and O–H groups in total. The number of likely N-dealkylation sites (tertiary alicyclic amines) is 1. The first-order valence-corrected chi connectivity index (χ1v) is 13.2. The SMILES string of the molecule is c1ccc(CCN2CC[C@H](Cc3ccccc3)[C@@H](Cc3ccccc3)[C@@H]2Cc2ccccc2)cc1. The normalized spacial score (nSPS) is 20.5. The van der Waals surface area contributed by atoms with E-state index in [0.29, 0.717) is 17.9 Å². The number of piperidine rings is 1. The van der Waals surface area contributed by atoms with Crippen LogP contribution in [0.1, 0.15) is 28.7 Å². The van der Waals surface area contributed by atoms with Crippen molar-refractivity contribution in [3.63, 3.8) is 0 Å². The average molecular weight is 460 g/mol. The van der Waals surface area contributed by atoms with Gasteiger partial charge in [-0.15, -0.1) is 0 Å². The van der Waals surface area contributed by atoms with Crippen LogP contribution in [0.5, 0.6) is 0 Å². The van der Waals surface area contributed by atoms with Gasteiger partial charge in [0.1, 0.15) is 0 Å². The van der Waals surface area contributed by atoms with E-state index >= 15 is 0 Å². The monoisotopic (exact) mass is 459 g/mol. The van der Waals surface area contributed by atoms with Crippen LogP contribution in [0.25, 0.3) is 0 Å². The van der Waals surface area contributed by atoms with Crippen molar-refractivity contribution in [3.05, 3.63) is 144 Å². The van der Waals surface area contributed by atoms with E-state index in [9.17, 15) is 0 Å². The third kappa shape index (κ3) is 6.50. The number of hydrogen-bond donors (Lipinski definition) is 0. The van der Waals surface area contributed by atoms with Crippen molar-refractivity contribution in [3.8, 4) is 0 Å². The van der Waals surface area contributed by atoms with Crippen LogP contribution in [-0.2, 0) is 25.7 Å². The molecule has 1 nitrogen and oxygen atoms in total. The Morgan fingerprint density at radius 3 is 1.51 bits per heavy atom. The molecule has 1 heteroatoms. The Morgan fingerprint density at radius 1 is 0.514 bits per heavy atom. The number of hydrogen-bond acceptors (Lipinski definition) is 1. The molecule has 5 rings (SSSR count). The molecule has 1 aliphatic rings. The molecule has 4 aromatic rings. The van der Waals surface area contributed by atoms with E-state index < -0.39 is 0 Å². The van der Waals surface area contributed by atoms with Crippen molar-refractivity contribution < 1.29 is 0 Å². The zero-order valence-electron chi connectivity index (χ0n) is 20.7. The van der Waals surface area contributed by atoms with Gasteiger partial charge in [0, 0.05) is 12.6 Å². The Hall–Kier alpha value is -3.16. The average Bonchev–Trinajstić information content (AvgIpc) is 2.92. The molecule has 0 aromatic heterocycles. The van der Waals surface area contributed by atoms with Gasteiger partial charge >= 0.3 is 0 Å². The number of rotatable bonds is 9. The van der Waals surface area contributed by atoms with Crippen LogP contribution in [0.15, 0.2) is 121 Å². The standard InChI is InChI=1S/C34H37N/c1-5-13-28(14-6-1)21-23-35-24-22-32(25-29-15-7-2-8-16-29)33(26-30-17-9-3-10-18-30)34(35)27-31-19-11-4-12-20-31/h1-20,32-34H,21-27H2/t32-,33-,34+/m1/s1. The van der Waals surface area contributed by atoms with Crippen molar-refractivity contribution in [2.24, 2.45) is 11.8 Å². The molecule has 0 saturated carbocycles. The second-order valence-electron chi connectivity index (χ2n) is 10.1. The molecule has 0 spiro atoms. The summed E-state index contributed by atoms with van der Waals surface area (Å²) in [4.78, 5) is 2.81. The second kappa shape index (κ2) is 12.0. The van der Waals surface area contributed by atoms with Gasteiger partial charge in [-0.1, -0.05) is 121 Å². The van der Waals surface area contributed by atoms with Crippen molar-refractivity contribution in [2.45, 2.75) is 38.1 Å². The first-order valence-electron chi connectivity index (χ1n) is 13.2. The van der Waals surface area contributed by atoms with Gasteiger partial charge in [0.05, 0.1) is 0 Å². The van der Waals surface area contributed by atoms with E-state index in [1.165, 1.54) is 41.6 Å². The molecular weight excluding hydrogens is 422 g/mol. The van der Waals surface area contributed by atoms with Crippen molar-refractivity contribution in [1.29, 1.82) is 0 Å². The molecule has 0 aliphatic carbocycles. The molecule has 0 bridgehead atoms. The molecule has 1 aliphatic heterocycles. The van der Waals surface area contributed by atoms with Crippen molar-refractivity contribution in [2.75, 3.05) is 13.1 Å². The fraction of sp³-hybridized carbons (Fsp3) is 0.294. The Labute approximate surface area is 211 Å². The molecule has 4 aromatic carbocycles. The minimum atomic E-state index is 0.545. The van der Waals surface area contributed by atoms with Gasteiger partial charge in [-0.2, -0.15) is 0 Å². The zero-order chi connectivity index (χ0) is 23.7. The number of benzene rings is 4. The first kappa shape index (κ1) is 23.6. The van der Waals surface area contributed by atoms with Gasteiger partial charge in [-0.05, 0) is 72.7 Å². The van der Waals surface area contributed by atoms with E-state index in [0.717, 1.165) is 25.8 Å².